The standard InChI is InChI=1S/C19H21FN4O2/c20-16-11-15(6-7-17(16)24-10-2-8-21-24)22-18(25)14-3-1-9-23(12-14)19(26)13-4-5-13/h2,6-8,10-11,13-14H,1,3-5,9,12H2,(H,22,25)/t14-/m1/s1. The summed E-state index contributed by atoms with van der Waals surface area (Å²) in [5.74, 6) is -0.525. The van der Waals surface area contributed by atoms with Gasteiger partial charge in [0.2, 0.25) is 11.8 Å². The molecule has 1 aromatic carbocycles. The van der Waals surface area contributed by atoms with E-state index in [1.807, 2.05) is 4.90 Å². The molecule has 1 aromatic heterocycles. The third kappa shape index (κ3) is 3.47. The number of carbonyl (C=O) groups excluding carboxylic acids is 2. The molecule has 1 aliphatic heterocycles. The molecule has 0 spiro atoms. The average Bonchev–Trinajstić information content (AvgIpc) is 3.36. The summed E-state index contributed by atoms with van der Waals surface area (Å²) in [5, 5.41) is 6.79. The number of anilines is 1. The quantitative estimate of drug-likeness (QED) is 0.916. The number of carbonyl (C=O) groups is 2. The van der Waals surface area contributed by atoms with E-state index < -0.39 is 5.82 Å². The minimum absolute atomic E-state index is 0.162. The molecule has 1 N–H and O–H groups in total. The second-order valence-corrected chi connectivity index (χ2v) is 7.00. The van der Waals surface area contributed by atoms with Gasteiger partial charge in [-0.1, -0.05) is 0 Å². The average molecular weight is 356 g/mol. The number of hydrogen-bond donors (Lipinski definition) is 1. The van der Waals surface area contributed by atoms with E-state index in [-0.39, 0.29) is 23.7 Å². The van der Waals surface area contributed by atoms with Crippen LogP contribution in [0.1, 0.15) is 25.7 Å². The van der Waals surface area contributed by atoms with Gasteiger partial charge in [-0.2, -0.15) is 5.10 Å². The molecule has 136 valence electrons. The topological polar surface area (TPSA) is 67.2 Å². The lowest BCUT2D eigenvalue weighted by Gasteiger charge is -2.32. The minimum Gasteiger partial charge on any atom is -0.342 e. The Hall–Kier alpha value is -2.70. The Morgan fingerprint density at radius 1 is 1.19 bits per heavy atom. The van der Waals surface area contributed by atoms with Crippen LogP contribution in [0.2, 0.25) is 0 Å². The first kappa shape index (κ1) is 16.8. The van der Waals surface area contributed by atoms with E-state index in [1.165, 1.54) is 10.7 Å². The normalized spacial score (nSPS) is 20.0. The molecule has 2 aromatic rings. The summed E-state index contributed by atoms with van der Waals surface area (Å²) in [6.07, 6.45) is 6.73. The fraction of sp³-hybridized carbons (Fsp3) is 0.421. The highest BCUT2D eigenvalue weighted by Crippen LogP contribution is 2.32. The van der Waals surface area contributed by atoms with Gasteiger partial charge >= 0.3 is 0 Å². The third-order valence-corrected chi connectivity index (χ3v) is 5.00. The number of hydrogen-bond acceptors (Lipinski definition) is 3. The van der Waals surface area contributed by atoms with E-state index in [0.29, 0.717) is 17.9 Å². The summed E-state index contributed by atoms with van der Waals surface area (Å²) >= 11 is 0. The van der Waals surface area contributed by atoms with Gasteiger partial charge in [0.25, 0.3) is 0 Å². The Labute approximate surface area is 151 Å². The van der Waals surface area contributed by atoms with E-state index >= 15 is 0 Å². The molecule has 2 amide bonds. The van der Waals surface area contributed by atoms with E-state index in [0.717, 1.165) is 32.2 Å². The molecule has 1 saturated carbocycles. The maximum absolute atomic E-state index is 14.3. The predicted octanol–water partition coefficient (Wildman–Crippen LogP) is 2.60. The first-order chi connectivity index (χ1) is 12.6. The van der Waals surface area contributed by atoms with E-state index in [1.54, 1.807) is 30.6 Å². The zero-order valence-corrected chi connectivity index (χ0v) is 14.4. The molecule has 6 nitrogen and oxygen atoms in total. The first-order valence-corrected chi connectivity index (χ1v) is 9.01. The zero-order valence-electron chi connectivity index (χ0n) is 14.4. The van der Waals surface area contributed by atoms with Gasteiger partial charge in [0.15, 0.2) is 5.82 Å². The van der Waals surface area contributed by atoms with Crippen LogP contribution >= 0.6 is 0 Å². The summed E-state index contributed by atoms with van der Waals surface area (Å²) in [7, 11) is 0. The van der Waals surface area contributed by atoms with Crippen LogP contribution < -0.4 is 5.32 Å². The highest BCUT2D eigenvalue weighted by molar-refractivity contribution is 5.93. The number of benzene rings is 1. The molecule has 2 aliphatic rings. The van der Waals surface area contributed by atoms with E-state index in [4.69, 9.17) is 0 Å². The van der Waals surface area contributed by atoms with Crippen molar-refractivity contribution >= 4 is 17.5 Å². The fourth-order valence-electron chi connectivity index (χ4n) is 3.41. The monoisotopic (exact) mass is 356 g/mol. The van der Waals surface area contributed by atoms with Crippen molar-refractivity contribution in [1.29, 1.82) is 0 Å². The first-order valence-electron chi connectivity index (χ1n) is 9.01. The van der Waals surface area contributed by atoms with Crippen molar-refractivity contribution in [3.05, 3.63) is 42.5 Å². The van der Waals surface area contributed by atoms with E-state index in [9.17, 15) is 14.0 Å². The number of likely N-dealkylation sites (tertiary alicyclic amines) is 1. The molecular formula is C19H21FN4O2. The van der Waals surface area contributed by atoms with Crippen LogP contribution in [-0.2, 0) is 9.59 Å². The highest BCUT2D eigenvalue weighted by Gasteiger charge is 2.36. The van der Waals surface area contributed by atoms with Gasteiger partial charge in [-0.25, -0.2) is 9.07 Å². The van der Waals surface area contributed by atoms with Gasteiger partial charge in [-0.05, 0) is 49.9 Å². The summed E-state index contributed by atoms with van der Waals surface area (Å²) in [6.45, 7) is 1.18. The molecule has 1 atom stereocenters. The maximum Gasteiger partial charge on any atom is 0.229 e. The Morgan fingerprint density at radius 2 is 2.04 bits per heavy atom. The van der Waals surface area contributed by atoms with Crippen LogP contribution in [0.15, 0.2) is 36.7 Å². The maximum atomic E-state index is 14.3. The van der Waals surface area contributed by atoms with Crippen molar-refractivity contribution in [3.8, 4) is 5.69 Å². The zero-order chi connectivity index (χ0) is 18.1. The SMILES string of the molecule is O=C(Nc1ccc(-n2cccn2)c(F)c1)[C@@H]1CCCN(C(=O)C2CC2)C1. The number of nitrogens with one attached hydrogen (secondary N) is 1. The van der Waals surface area contributed by atoms with Crippen LogP contribution in [0, 0.1) is 17.7 Å². The molecule has 4 rings (SSSR count). The van der Waals surface area contributed by atoms with Crippen molar-refractivity contribution in [1.82, 2.24) is 14.7 Å². The lowest BCUT2D eigenvalue weighted by molar-refractivity contribution is -0.135. The van der Waals surface area contributed by atoms with Crippen molar-refractivity contribution in [3.63, 3.8) is 0 Å². The van der Waals surface area contributed by atoms with Crippen molar-refractivity contribution in [2.24, 2.45) is 11.8 Å². The van der Waals surface area contributed by atoms with E-state index in [2.05, 4.69) is 10.4 Å². The summed E-state index contributed by atoms with van der Waals surface area (Å²) in [5.41, 5.74) is 0.737. The van der Waals surface area contributed by atoms with Crippen LogP contribution in [0.4, 0.5) is 10.1 Å². The molecule has 2 heterocycles. The number of aromatic nitrogens is 2. The number of rotatable bonds is 4. The highest BCUT2D eigenvalue weighted by atomic mass is 19.1. The Balaban J connectivity index is 1.41. The number of amides is 2. The van der Waals surface area contributed by atoms with Gasteiger partial charge in [0.05, 0.1) is 5.92 Å². The lowest BCUT2D eigenvalue weighted by Crippen LogP contribution is -2.44. The minimum atomic E-state index is -0.458. The summed E-state index contributed by atoms with van der Waals surface area (Å²) in [6, 6.07) is 6.26. The molecule has 1 saturated heterocycles. The van der Waals surface area contributed by atoms with Gasteiger partial charge < -0.3 is 10.2 Å². The fourth-order valence-corrected chi connectivity index (χ4v) is 3.41. The molecule has 26 heavy (non-hydrogen) atoms. The number of halogens is 1. The second kappa shape index (κ2) is 6.90. The van der Waals surface area contributed by atoms with Crippen LogP contribution in [0.3, 0.4) is 0 Å². The molecule has 0 radical (unpaired) electrons. The second-order valence-electron chi connectivity index (χ2n) is 7.00. The molecule has 0 bridgehead atoms. The largest absolute Gasteiger partial charge is 0.342 e. The lowest BCUT2D eigenvalue weighted by atomic mass is 9.96. The molecule has 0 unspecified atom stereocenters. The smallest absolute Gasteiger partial charge is 0.229 e. The predicted molar refractivity (Wildman–Crippen MR) is 94.2 cm³/mol. The van der Waals surface area contributed by atoms with Crippen LogP contribution in [0.25, 0.3) is 5.69 Å². The van der Waals surface area contributed by atoms with Crippen molar-refractivity contribution < 1.29 is 14.0 Å². The Morgan fingerprint density at radius 3 is 2.73 bits per heavy atom. The number of nitrogens with zero attached hydrogens (tertiary/aromatic N) is 3. The van der Waals surface area contributed by atoms with Gasteiger partial charge in [-0.15, -0.1) is 0 Å². The summed E-state index contributed by atoms with van der Waals surface area (Å²) in [4.78, 5) is 26.6. The van der Waals surface area contributed by atoms with Gasteiger partial charge in [-0.3, -0.25) is 9.59 Å². The molecule has 7 heteroatoms. The van der Waals surface area contributed by atoms with Crippen LogP contribution in [-0.4, -0.2) is 39.6 Å². The van der Waals surface area contributed by atoms with Gasteiger partial charge in [0.1, 0.15) is 5.69 Å². The molecule has 1 aliphatic carbocycles. The van der Waals surface area contributed by atoms with Crippen molar-refractivity contribution in [2.75, 3.05) is 18.4 Å². The van der Waals surface area contributed by atoms with Gasteiger partial charge in [0, 0.05) is 37.1 Å². The van der Waals surface area contributed by atoms with Crippen LogP contribution in [0.5, 0.6) is 0 Å². The Kier molecular flexibility index (Phi) is 4.44. The van der Waals surface area contributed by atoms with Crippen molar-refractivity contribution in [2.45, 2.75) is 25.7 Å². The molecular weight excluding hydrogens is 335 g/mol. The summed E-state index contributed by atoms with van der Waals surface area (Å²) < 4.78 is 15.7. The third-order valence-electron chi connectivity index (χ3n) is 5.00. The number of piperidine rings is 1. The molecule has 2 fully saturated rings. The Bertz CT molecular complexity index is 817.